The van der Waals surface area contributed by atoms with Gasteiger partial charge in [-0.3, -0.25) is 0 Å². The van der Waals surface area contributed by atoms with Crippen molar-refractivity contribution in [1.82, 2.24) is 9.13 Å². The molecule has 0 unspecified atom stereocenters. The van der Waals surface area contributed by atoms with Crippen LogP contribution in [0, 0.1) is 23.0 Å². The van der Waals surface area contributed by atoms with E-state index in [4.69, 9.17) is 0 Å². The number of aromatic nitrogens is 2. The Morgan fingerprint density at radius 3 is 1.03 bits per heavy atom. The smallest absolute Gasteiger partial charge is 0.133 e. The molecule has 294 valence electrons. The van der Waals surface area contributed by atoms with Gasteiger partial charge in [-0.2, -0.15) is 5.26 Å². The van der Waals surface area contributed by atoms with Gasteiger partial charge >= 0.3 is 0 Å². The van der Waals surface area contributed by atoms with Crippen LogP contribution in [0.15, 0.2) is 103 Å². The number of hydrogen-bond acceptors (Lipinski definition) is 1. The maximum absolute atomic E-state index is 16.1. The molecule has 0 spiro atoms. The summed E-state index contributed by atoms with van der Waals surface area (Å²) in [6.07, 6.45) is 0. The van der Waals surface area contributed by atoms with Crippen molar-refractivity contribution in [2.75, 3.05) is 0 Å². The first-order valence-electron chi connectivity index (χ1n) is 20.3. The van der Waals surface area contributed by atoms with Crippen LogP contribution >= 0.6 is 0 Å². The first kappa shape index (κ1) is 39.1. The van der Waals surface area contributed by atoms with Crippen LogP contribution in [0.5, 0.6) is 0 Å². The fourth-order valence-electron chi connectivity index (χ4n) is 8.38. The largest absolute Gasteiger partial charge is 0.308 e. The van der Waals surface area contributed by atoms with Gasteiger partial charge in [0, 0.05) is 33.2 Å². The van der Waals surface area contributed by atoms with Crippen molar-refractivity contribution in [1.29, 1.82) is 5.26 Å². The van der Waals surface area contributed by atoms with Crippen molar-refractivity contribution in [2.24, 2.45) is 0 Å². The molecule has 0 aliphatic rings. The standard InChI is InChI=1S/C53H53F2N3/c1-50(2,3)32-13-18-38-39-19-14-33(51(4,5)6)26-47(39)57(46(38)25-32)44-23-31(37-22-17-36(54)29-43(37)55)24-45(42(44)30-56)58-48-27-34(52(7,8)9)15-20-40(48)41-21-16-35(28-49(41)58)53(10,11)12/h13-29H,1-12H3. The molecule has 0 N–H and O–H groups in total. The minimum absolute atomic E-state index is 0.146. The zero-order valence-corrected chi connectivity index (χ0v) is 35.9. The van der Waals surface area contributed by atoms with E-state index in [1.54, 1.807) is 0 Å². The maximum Gasteiger partial charge on any atom is 0.133 e. The normalized spacial score (nSPS) is 13.0. The van der Waals surface area contributed by atoms with Crippen molar-refractivity contribution in [2.45, 2.75) is 105 Å². The molecule has 8 rings (SSSR count). The molecular weight excluding hydrogens is 717 g/mol. The summed E-state index contributed by atoms with van der Waals surface area (Å²) in [7, 11) is 0. The third-order valence-electron chi connectivity index (χ3n) is 11.9. The summed E-state index contributed by atoms with van der Waals surface area (Å²) in [4.78, 5) is 0. The lowest BCUT2D eigenvalue weighted by Crippen LogP contribution is -2.12. The molecule has 58 heavy (non-hydrogen) atoms. The quantitative estimate of drug-likeness (QED) is 0.176. The van der Waals surface area contributed by atoms with E-state index in [0.717, 1.165) is 71.9 Å². The molecule has 0 fully saturated rings. The summed E-state index contributed by atoms with van der Waals surface area (Å²) in [5.41, 5.74) is 10.4. The van der Waals surface area contributed by atoms with Gasteiger partial charge in [0.1, 0.15) is 23.3 Å². The highest BCUT2D eigenvalue weighted by atomic mass is 19.1. The third-order valence-corrected chi connectivity index (χ3v) is 11.9. The zero-order chi connectivity index (χ0) is 41.9. The Kier molecular flexibility index (Phi) is 8.87. The van der Waals surface area contributed by atoms with Gasteiger partial charge in [-0.05, 0) is 98.0 Å². The number of halogens is 2. The molecule has 0 atom stereocenters. The van der Waals surface area contributed by atoms with E-state index < -0.39 is 11.6 Å². The second kappa shape index (κ2) is 13.1. The predicted molar refractivity (Wildman–Crippen MR) is 240 cm³/mol. The summed E-state index contributed by atoms with van der Waals surface area (Å²) >= 11 is 0. The molecule has 0 saturated heterocycles. The van der Waals surface area contributed by atoms with Crippen molar-refractivity contribution in [3.63, 3.8) is 0 Å². The van der Waals surface area contributed by atoms with Gasteiger partial charge in [0.15, 0.2) is 0 Å². The van der Waals surface area contributed by atoms with Gasteiger partial charge in [-0.1, -0.05) is 132 Å². The van der Waals surface area contributed by atoms with Crippen LogP contribution in [-0.4, -0.2) is 9.13 Å². The van der Waals surface area contributed by atoms with Gasteiger partial charge in [0.2, 0.25) is 0 Å². The van der Waals surface area contributed by atoms with Crippen molar-refractivity contribution in [3.05, 3.63) is 143 Å². The van der Waals surface area contributed by atoms with Gasteiger partial charge in [0.25, 0.3) is 0 Å². The minimum atomic E-state index is -0.666. The summed E-state index contributed by atoms with van der Waals surface area (Å²) < 4.78 is 35.0. The summed E-state index contributed by atoms with van der Waals surface area (Å²) in [5, 5.41) is 15.8. The predicted octanol–water partition coefficient (Wildman–Crippen LogP) is 14.9. The van der Waals surface area contributed by atoms with Crippen LogP contribution in [-0.2, 0) is 21.7 Å². The molecular formula is C53H53F2N3. The van der Waals surface area contributed by atoms with Crippen LogP contribution < -0.4 is 0 Å². The Balaban J connectivity index is 1.61. The molecule has 0 aliphatic heterocycles. The van der Waals surface area contributed by atoms with Crippen molar-refractivity contribution < 1.29 is 8.78 Å². The van der Waals surface area contributed by atoms with Gasteiger partial charge in [0.05, 0.1) is 33.4 Å². The average molecular weight is 770 g/mol. The van der Waals surface area contributed by atoms with E-state index >= 15 is 4.39 Å². The molecule has 0 saturated carbocycles. The Labute approximate surface area is 341 Å². The Hall–Kier alpha value is -5.73. The number of hydrogen-bond donors (Lipinski definition) is 0. The topological polar surface area (TPSA) is 33.6 Å². The molecule has 3 nitrogen and oxygen atoms in total. The number of nitriles is 1. The number of rotatable bonds is 3. The zero-order valence-electron chi connectivity index (χ0n) is 35.9. The molecule has 0 radical (unpaired) electrons. The van der Waals surface area contributed by atoms with Gasteiger partial charge < -0.3 is 9.13 Å². The lowest BCUT2D eigenvalue weighted by molar-refractivity contribution is 0.585. The first-order valence-corrected chi connectivity index (χ1v) is 20.3. The molecule has 8 aromatic rings. The summed E-state index contributed by atoms with van der Waals surface area (Å²) in [6.45, 7) is 26.4. The average Bonchev–Trinajstić information content (AvgIpc) is 3.64. The van der Waals surface area contributed by atoms with Crippen molar-refractivity contribution in [3.8, 4) is 28.6 Å². The molecule has 0 amide bonds. The SMILES string of the molecule is CC(C)(C)c1ccc2c3ccc(C(C)(C)C)cc3n(-c3cc(-c4ccc(F)cc4F)cc(-n4c5cc(C(C)(C)C)ccc5c5ccc(C(C)(C)C)cc54)c3C#N)c2c1. The highest BCUT2D eigenvalue weighted by Gasteiger charge is 2.27. The molecule has 2 heterocycles. The van der Waals surface area contributed by atoms with Crippen molar-refractivity contribution >= 4 is 43.6 Å². The minimum Gasteiger partial charge on any atom is -0.308 e. The van der Waals surface area contributed by atoms with Crippen LogP contribution in [0.1, 0.15) is 111 Å². The maximum atomic E-state index is 16.1. The third kappa shape index (κ3) is 6.48. The lowest BCUT2D eigenvalue weighted by Gasteiger charge is -2.23. The fourth-order valence-corrected chi connectivity index (χ4v) is 8.38. The van der Waals surface area contributed by atoms with Crippen LogP contribution in [0.4, 0.5) is 8.78 Å². The van der Waals surface area contributed by atoms with E-state index in [2.05, 4.69) is 171 Å². The van der Waals surface area contributed by atoms with E-state index in [1.165, 1.54) is 12.1 Å². The lowest BCUT2D eigenvalue weighted by atomic mass is 9.86. The molecule has 6 aromatic carbocycles. The van der Waals surface area contributed by atoms with Gasteiger partial charge in [-0.25, -0.2) is 8.78 Å². The van der Waals surface area contributed by atoms with Crippen LogP contribution in [0.3, 0.4) is 0 Å². The van der Waals surface area contributed by atoms with Crippen LogP contribution in [0.2, 0.25) is 0 Å². The van der Waals surface area contributed by atoms with E-state index in [1.807, 2.05) is 12.1 Å². The summed E-state index contributed by atoms with van der Waals surface area (Å²) in [5.74, 6) is -1.31. The highest BCUT2D eigenvalue weighted by Crippen LogP contribution is 2.43. The van der Waals surface area contributed by atoms with E-state index in [9.17, 15) is 9.65 Å². The number of benzene rings is 6. The second-order valence-electron chi connectivity index (χ2n) is 20.2. The highest BCUT2D eigenvalue weighted by molar-refractivity contribution is 6.12. The van der Waals surface area contributed by atoms with Gasteiger partial charge in [-0.15, -0.1) is 0 Å². The number of nitrogens with zero attached hydrogens (tertiary/aromatic N) is 3. The molecule has 2 aromatic heterocycles. The Morgan fingerprint density at radius 2 is 0.759 bits per heavy atom. The van der Waals surface area contributed by atoms with Crippen LogP contribution in [0.25, 0.3) is 66.1 Å². The molecule has 0 bridgehead atoms. The Morgan fingerprint density at radius 1 is 0.431 bits per heavy atom. The monoisotopic (exact) mass is 769 g/mol. The van der Waals surface area contributed by atoms with E-state index in [0.29, 0.717) is 22.5 Å². The molecule has 0 aliphatic carbocycles. The first-order chi connectivity index (χ1) is 27.1. The molecule has 5 heteroatoms. The van der Waals surface area contributed by atoms with E-state index in [-0.39, 0.29) is 27.2 Å². The second-order valence-corrected chi connectivity index (χ2v) is 20.2. The fraction of sp³-hybridized carbons (Fsp3) is 0.302. The summed E-state index contributed by atoms with van der Waals surface area (Å²) in [6, 6.07) is 36.8. The Bertz CT molecular complexity index is 2700. The number of fused-ring (bicyclic) bond motifs is 6.